The lowest BCUT2D eigenvalue weighted by Gasteiger charge is -2.21. The summed E-state index contributed by atoms with van der Waals surface area (Å²) in [4.78, 5) is 1.06. The Morgan fingerprint density at radius 2 is 2.24 bits per heavy atom. The summed E-state index contributed by atoms with van der Waals surface area (Å²) < 4.78 is 26.9. The Kier molecular flexibility index (Phi) is 3.58. The zero-order valence-electron chi connectivity index (χ0n) is 10.1. The van der Waals surface area contributed by atoms with Crippen LogP contribution in [-0.4, -0.2) is 31.9 Å². The van der Waals surface area contributed by atoms with Gasteiger partial charge in [0.25, 0.3) is 10.0 Å². The first-order valence-corrected chi connectivity index (χ1v) is 8.01. The van der Waals surface area contributed by atoms with Gasteiger partial charge in [-0.25, -0.2) is 8.42 Å². The minimum atomic E-state index is -3.33. The number of sulfonamides is 1. The smallest absolute Gasteiger partial charge is 0.252 e. The number of nitrogens with zero attached hydrogens (tertiary/aromatic N) is 1. The average Bonchev–Trinajstić information content (AvgIpc) is 2.86. The third-order valence-corrected chi connectivity index (χ3v) is 6.86. The van der Waals surface area contributed by atoms with Crippen LogP contribution in [0.25, 0.3) is 0 Å². The summed E-state index contributed by atoms with van der Waals surface area (Å²) in [5.74, 6) is 0. The number of aryl methyl sites for hydroxylation is 2. The van der Waals surface area contributed by atoms with E-state index in [9.17, 15) is 8.42 Å². The molecule has 1 aliphatic heterocycles. The maximum Gasteiger partial charge on any atom is 0.252 e. The van der Waals surface area contributed by atoms with Gasteiger partial charge in [-0.15, -0.1) is 11.3 Å². The third kappa shape index (κ3) is 2.27. The van der Waals surface area contributed by atoms with Crippen molar-refractivity contribution < 1.29 is 8.42 Å². The molecule has 0 bridgehead atoms. The van der Waals surface area contributed by atoms with Gasteiger partial charge in [-0.2, -0.15) is 4.31 Å². The molecule has 0 spiro atoms. The van der Waals surface area contributed by atoms with E-state index in [2.05, 4.69) is 0 Å². The minimum Gasteiger partial charge on any atom is -0.329 e. The van der Waals surface area contributed by atoms with E-state index in [1.807, 2.05) is 13.8 Å². The van der Waals surface area contributed by atoms with Crippen LogP contribution < -0.4 is 5.73 Å². The molecule has 96 valence electrons. The van der Waals surface area contributed by atoms with Gasteiger partial charge in [0, 0.05) is 24.0 Å². The summed E-state index contributed by atoms with van der Waals surface area (Å²) >= 11 is 1.35. The number of hydrogen-bond donors (Lipinski definition) is 1. The predicted molar refractivity (Wildman–Crippen MR) is 69.8 cm³/mol. The lowest BCUT2D eigenvalue weighted by molar-refractivity contribution is 0.394. The van der Waals surface area contributed by atoms with E-state index >= 15 is 0 Å². The molecule has 1 aromatic rings. The molecular weight excluding hydrogens is 256 g/mol. The molecule has 0 saturated carbocycles. The molecule has 0 amide bonds. The second-order valence-electron chi connectivity index (χ2n) is 4.45. The summed E-state index contributed by atoms with van der Waals surface area (Å²) in [6.07, 6.45) is 1.78. The zero-order chi connectivity index (χ0) is 12.6. The topological polar surface area (TPSA) is 63.4 Å². The maximum atomic E-state index is 12.5. The van der Waals surface area contributed by atoms with Crippen LogP contribution in [0.2, 0.25) is 0 Å². The summed E-state index contributed by atoms with van der Waals surface area (Å²) in [6, 6.07) is 1.74. The highest BCUT2D eigenvalue weighted by Crippen LogP contribution is 2.31. The van der Waals surface area contributed by atoms with Crippen LogP contribution in [0.4, 0.5) is 0 Å². The van der Waals surface area contributed by atoms with Crippen molar-refractivity contribution >= 4 is 21.4 Å². The van der Waals surface area contributed by atoms with Gasteiger partial charge in [-0.1, -0.05) is 0 Å². The van der Waals surface area contributed by atoms with Crippen molar-refractivity contribution in [3.05, 3.63) is 16.5 Å². The first-order chi connectivity index (χ1) is 7.96. The van der Waals surface area contributed by atoms with Crippen LogP contribution in [0.1, 0.15) is 23.3 Å². The van der Waals surface area contributed by atoms with Gasteiger partial charge in [0.15, 0.2) is 0 Å². The quantitative estimate of drug-likeness (QED) is 0.908. The van der Waals surface area contributed by atoms with Crippen molar-refractivity contribution in [1.29, 1.82) is 0 Å². The van der Waals surface area contributed by atoms with Crippen LogP contribution in [-0.2, 0) is 10.0 Å². The van der Waals surface area contributed by atoms with E-state index in [0.29, 0.717) is 17.3 Å². The highest BCUT2D eigenvalue weighted by Gasteiger charge is 2.35. The van der Waals surface area contributed by atoms with Gasteiger partial charge in [0.05, 0.1) is 0 Å². The second kappa shape index (κ2) is 4.68. The second-order valence-corrected chi connectivity index (χ2v) is 7.83. The van der Waals surface area contributed by atoms with E-state index in [1.54, 1.807) is 10.4 Å². The predicted octanol–water partition coefficient (Wildman–Crippen LogP) is 1.48. The Hall–Kier alpha value is -0.430. The fourth-order valence-electron chi connectivity index (χ4n) is 2.14. The van der Waals surface area contributed by atoms with Gasteiger partial charge >= 0.3 is 0 Å². The molecule has 2 heterocycles. The molecule has 0 unspecified atom stereocenters. The summed E-state index contributed by atoms with van der Waals surface area (Å²) in [5.41, 5.74) is 6.67. The standard InChI is InChI=1S/C11H18N2O2S2/c1-8-6-11(16-9(8)2)17(14,15)13-5-3-4-10(13)7-12/h6,10H,3-5,7,12H2,1-2H3/t10-/m0/s1. The van der Waals surface area contributed by atoms with Crippen molar-refractivity contribution in [3.8, 4) is 0 Å². The van der Waals surface area contributed by atoms with E-state index in [0.717, 1.165) is 23.3 Å². The third-order valence-electron chi connectivity index (χ3n) is 3.30. The molecule has 1 aromatic heterocycles. The summed E-state index contributed by atoms with van der Waals surface area (Å²) in [7, 11) is -3.33. The summed E-state index contributed by atoms with van der Waals surface area (Å²) in [5, 5.41) is 0. The average molecular weight is 274 g/mol. The molecule has 2 N–H and O–H groups in total. The molecule has 4 nitrogen and oxygen atoms in total. The number of hydrogen-bond acceptors (Lipinski definition) is 4. The minimum absolute atomic E-state index is 0.0253. The van der Waals surface area contributed by atoms with Crippen molar-refractivity contribution in [2.75, 3.05) is 13.1 Å². The van der Waals surface area contributed by atoms with Gasteiger partial charge in [-0.3, -0.25) is 0 Å². The van der Waals surface area contributed by atoms with Crippen LogP contribution in [0.5, 0.6) is 0 Å². The Labute approximate surface area is 106 Å². The fraction of sp³-hybridized carbons (Fsp3) is 0.636. The van der Waals surface area contributed by atoms with Gasteiger partial charge in [0.1, 0.15) is 4.21 Å². The Balaban J connectivity index is 2.36. The van der Waals surface area contributed by atoms with Crippen molar-refractivity contribution in [3.63, 3.8) is 0 Å². The van der Waals surface area contributed by atoms with Crippen LogP contribution >= 0.6 is 11.3 Å². The van der Waals surface area contributed by atoms with E-state index in [4.69, 9.17) is 5.73 Å². The largest absolute Gasteiger partial charge is 0.329 e. The Morgan fingerprint density at radius 3 is 2.76 bits per heavy atom. The maximum absolute atomic E-state index is 12.5. The number of nitrogens with two attached hydrogens (primary N) is 1. The fourth-order valence-corrected chi connectivity index (χ4v) is 5.49. The molecule has 17 heavy (non-hydrogen) atoms. The van der Waals surface area contributed by atoms with Crippen LogP contribution in [0.3, 0.4) is 0 Å². The first-order valence-electron chi connectivity index (χ1n) is 5.75. The van der Waals surface area contributed by atoms with Gasteiger partial charge in [-0.05, 0) is 38.3 Å². The van der Waals surface area contributed by atoms with Gasteiger partial charge < -0.3 is 5.73 Å². The first kappa shape index (κ1) is 13.0. The normalized spacial score (nSPS) is 22.2. The summed E-state index contributed by atoms with van der Waals surface area (Å²) in [6.45, 7) is 4.89. The van der Waals surface area contributed by atoms with E-state index < -0.39 is 10.0 Å². The van der Waals surface area contributed by atoms with Gasteiger partial charge in [0.2, 0.25) is 0 Å². The molecule has 1 fully saturated rings. The SMILES string of the molecule is Cc1cc(S(=O)(=O)N2CCC[C@H]2CN)sc1C. The molecule has 0 aromatic carbocycles. The molecule has 1 saturated heterocycles. The molecular formula is C11H18N2O2S2. The number of rotatable bonds is 3. The molecule has 0 aliphatic carbocycles. The van der Waals surface area contributed by atoms with Crippen molar-refractivity contribution in [2.45, 2.75) is 36.9 Å². The molecule has 6 heteroatoms. The van der Waals surface area contributed by atoms with Crippen LogP contribution in [0.15, 0.2) is 10.3 Å². The number of thiophene rings is 1. The highest BCUT2D eigenvalue weighted by atomic mass is 32.2. The monoisotopic (exact) mass is 274 g/mol. The Morgan fingerprint density at radius 1 is 1.53 bits per heavy atom. The van der Waals surface area contributed by atoms with Crippen molar-refractivity contribution in [2.24, 2.45) is 5.73 Å². The van der Waals surface area contributed by atoms with Crippen molar-refractivity contribution in [1.82, 2.24) is 4.31 Å². The molecule has 1 aliphatic rings. The molecule has 1 atom stereocenters. The van der Waals surface area contributed by atoms with E-state index in [1.165, 1.54) is 11.3 Å². The highest BCUT2D eigenvalue weighted by molar-refractivity contribution is 7.91. The van der Waals surface area contributed by atoms with Crippen LogP contribution in [0, 0.1) is 13.8 Å². The zero-order valence-corrected chi connectivity index (χ0v) is 11.8. The van der Waals surface area contributed by atoms with E-state index in [-0.39, 0.29) is 6.04 Å². The molecule has 2 rings (SSSR count). The lowest BCUT2D eigenvalue weighted by Crippen LogP contribution is -2.39. The molecule has 0 radical (unpaired) electrons. The Bertz CT molecular complexity index is 488. The lowest BCUT2D eigenvalue weighted by atomic mass is 10.2.